The van der Waals surface area contributed by atoms with Gasteiger partial charge in [0.2, 0.25) is 5.91 Å². The number of pyridine rings is 1. The molecule has 0 unspecified atom stereocenters. The second kappa shape index (κ2) is 6.88. The second-order valence-electron chi connectivity index (χ2n) is 5.27. The monoisotopic (exact) mass is 278 g/mol. The van der Waals surface area contributed by atoms with Gasteiger partial charge in [-0.2, -0.15) is 0 Å². The zero-order valence-corrected chi connectivity index (χ0v) is 12.2. The van der Waals surface area contributed by atoms with Crippen molar-refractivity contribution in [3.63, 3.8) is 0 Å². The average molecular weight is 278 g/mol. The van der Waals surface area contributed by atoms with Gasteiger partial charge in [0.15, 0.2) is 0 Å². The van der Waals surface area contributed by atoms with Crippen molar-refractivity contribution in [3.8, 4) is 0 Å². The lowest BCUT2D eigenvalue weighted by Crippen LogP contribution is -2.42. The van der Waals surface area contributed by atoms with E-state index >= 15 is 0 Å². The quantitative estimate of drug-likeness (QED) is 0.697. The Labute approximate surface area is 119 Å². The Balaban J connectivity index is 2.66. The summed E-state index contributed by atoms with van der Waals surface area (Å²) in [7, 11) is 0. The second-order valence-corrected chi connectivity index (χ2v) is 5.27. The van der Waals surface area contributed by atoms with E-state index in [1.165, 1.54) is 0 Å². The number of rotatable bonds is 7. The lowest BCUT2D eigenvalue weighted by atomic mass is 9.93. The van der Waals surface area contributed by atoms with Crippen LogP contribution in [-0.4, -0.2) is 29.9 Å². The van der Waals surface area contributed by atoms with E-state index in [-0.39, 0.29) is 12.5 Å². The molecule has 0 aromatic carbocycles. The highest BCUT2D eigenvalue weighted by Gasteiger charge is 2.25. The van der Waals surface area contributed by atoms with Gasteiger partial charge >= 0.3 is 0 Å². The molecule has 1 aromatic heterocycles. The van der Waals surface area contributed by atoms with E-state index in [1.807, 2.05) is 0 Å². The summed E-state index contributed by atoms with van der Waals surface area (Å²) in [6, 6.07) is 5.20. The molecule has 0 aliphatic rings. The molecule has 2 amide bonds. The lowest BCUT2D eigenvalue weighted by Gasteiger charge is -2.20. The molecule has 110 valence electrons. The molecule has 1 rings (SSSR count). The van der Waals surface area contributed by atoms with E-state index in [9.17, 15) is 9.59 Å². The first-order chi connectivity index (χ1) is 9.36. The summed E-state index contributed by atoms with van der Waals surface area (Å²) in [6.07, 6.45) is 0.977. The normalized spacial score (nSPS) is 10.9. The summed E-state index contributed by atoms with van der Waals surface area (Å²) in [5.74, 6) is -0.114. The van der Waals surface area contributed by atoms with Crippen molar-refractivity contribution in [3.05, 3.63) is 23.9 Å². The summed E-state index contributed by atoms with van der Waals surface area (Å²) in [5.41, 5.74) is 4.79. The van der Waals surface area contributed by atoms with Crippen LogP contribution in [0.5, 0.6) is 0 Å². The third kappa shape index (κ3) is 4.53. The lowest BCUT2D eigenvalue weighted by molar-refractivity contribution is -0.125. The standard InChI is InChI=1S/C14H22N4O2/c1-4-8-16-11-7-5-6-10(18-11)12(19)17-9-14(2,3)13(15)20/h5-7H,4,8-9H2,1-3H3,(H2,15,20)(H,16,18)(H,17,19). The van der Waals surface area contributed by atoms with Crippen LogP contribution in [0.3, 0.4) is 0 Å². The van der Waals surface area contributed by atoms with Crippen LogP contribution in [0.1, 0.15) is 37.7 Å². The molecule has 0 aliphatic heterocycles. The molecular formula is C14H22N4O2. The Morgan fingerprint density at radius 3 is 2.65 bits per heavy atom. The molecule has 0 aliphatic carbocycles. The molecular weight excluding hydrogens is 256 g/mol. The fraction of sp³-hybridized carbons (Fsp3) is 0.500. The smallest absolute Gasteiger partial charge is 0.270 e. The van der Waals surface area contributed by atoms with Crippen molar-refractivity contribution in [1.29, 1.82) is 0 Å². The molecule has 0 radical (unpaired) electrons. The van der Waals surface area contributed by atoms with Gasteiger partial charge in [0.25, 0.3) is 5.91 Å². The number of amides is 2. The number of nitrogens with zero attached hydrogens (tertiary/aromatic N) is 1. The van der Waals surface area contributed by atoms with E-state index in [0.717, 1.165) is 13.0 Å². The number of nitrogens with one attached hydrogen (secondary N) is 2. The van der Waals surface area contributed by atoms with E-state index < -0.39 is 11.3 Å². The van der Waals surface area contributed by atoms with Crippen LogP contribution in [0.25, 0.3) is 0 Å². The van der Waals surface area contributed by atoms with Crippen molar-refractivity contribution < 1.29 is 9.59 Å². The SMILES string of the molecule is CCCNc1cccc(C(=O)NCC(C)(C)C(N)=O)n1. The number of carbonyl (C=O) groups excluding carboxylic acids is 2. The van der Waals surface area contributed by atoms with Crippen molar-refractivity contribution in [2.45, 2.75) is 27.2 Å². The Kier molecular flexibility index (Phi) is 5.49. The maximum absolute atomic E-state index is 12.0. The van der Waals surface area contributed by atoms with Crippen molar-refractivity contribution in [2.24, 2.45) is 11.1 Å². The minimum absolute atomic E-state index is 0.176. The van der Waals surface area contributed by atoms with E-state index in [2.05, 4.69) is 22.5 Å². The zero-order valence-electron chi connectivity index (χ0n) is 12.2. The summed E-state index contributed by atoms with van der Waals surface area (Å²) < 4.78 is 0. The minimum Gasteiger partial charge on any atom is -0.370 e. The molecule has 4 N–H and O–H groups in total. The molecule has 0 saturated heterocycles. The molecule has 6 nitrogen and oxygen atoms in total. The molecule has 20 heavy (non-hydrogen) atoms. The highest BCUT2D eigenvalue weighted by atomic mass is 16.2. The molecule has 0 fully saturated rings. The summed E-state index contributed by atoms with van der Waals surface area (Å²) in [6.45, 7) is 6.39. The van der Waals surface area contributed by atoms with Crippen LogP contribution >= 0.6 is 0 Å². The number of hydrogen-bond donors (Lipinski definition) is 3. The highest BCUT2D eigenvalue weighted by Crippen LogP contribution is 2.12. The first kappa shape index (κ1) is 15.9. The maximum Gasteiger partial charge on any atom is 0.270 e. The first-order valence-corrected chi connectivity index (χ1v) is 6.66. The summed E-state index contributed by atoms with van der Waals surface area (Å²) in [5, 5.41) is 5.79. The molecule has 0 saturated carbocycles. The van der Waals surface area contributed by atoms with Crippen LogP contribution < -0.4 is 16.4 Å². The maximum atomic E-state index is 12.0. The molecule has 1 heterocycles. The molecule has 6 heteroatoms. The van der Waals surface area contributed by atoms with Crippen LogP contribution in [0, 0.1) is 5.41 Å². The highest BCUT2D eigenvalue weighted by molar-refractivity contribution is 5.93. The number of primary amides is 1. The van der Waals surface area contributed by atoms with Crippen LogP contribution in [0.2, 0.25) is 0 Å². The Hall–Kier alpha value is -2.11. The van der Waals surface area contributed by atoms with E-state index in [0.29, 0.717) is 11.5 Å². The number of nitrogens with two attached hydrogens (primary N) is 1. The zero-order chi connectivity index (χ0) is 15.2. The average Bonchev–Trinajstić information content (AvgIpc) is 2.42. The Morgan fingerprint density at radius 1 is 1.35 bits per heavy atom. The molecule has 0 bridgehead atoms. The van der Waals surface area contributed by atoms with Crippen molar-refractivity contribution >= 4 is 17.6 Å². The number of anilines is 1. The first-order valence-electron chi connectivity index (χ1n) is 6.66. The van der Waals surface area contributed by atoms with Gasteiger partial charge in [-0.3, -0.25) is 9.59 Å². The van der Waals surface area contributed by atoms with Gasteiger partial charge in [-0.25, -0.2) is 4.98 Å². The van der Waals surface area contributed by atoms with Gasteiger partial charge in [0.1, 0.15) is 11.5 Å². The predicted octanol–water partition coefficient (Wildman–Crippen LogP) is 1.14. The van der Waals surface area contributed by atoms with Gasteiger partial charge in [0.05, 0.1) is 5.41 Å². The molecule has 0 spiro atoms. The molecule has 1 aromatic rings. The number of carbonyl (C=O) groups is 2. The minimum atomic E-state index is -0.784. The summed E-state index contributed by atoms with van der Waals surface area (Å²) in [4.78, 5) is 27.4. The third-order valence-corrected chi connectivity index (χ3v) is 2.90. The largest absolute Gasteiger partial charge is 0.370 e. The topological polar surface area (TPSA) is 97.1 Å². The van der Waals surface area contributed by atoms with Crippen molar-refractivity contribution in [2.75, 3.05) is 18.4 Å². The van der Waals surface area contributed by atoms with Gasteiger partial charge in [-0.15, -0.1) is 0 Å². The van der Waals surface area contributed by atoms with Gasteiger partial charge in [-0.05, 0) is 32.4 Å². The van der Waals surface area contributed by atoms with Crippen LogP contribution in [0.15, 0.2) is 18.2 Å². The number of aromatic nitrogens is 1. The van der Waals surface area contributed by atoms with Gasteiger partial charge < -0.3 is 16.4 Å². The van der Waals surface area contributed by atoms with E-state index in [4.69, 9.17) is 5.73 Å². The van der Waals surface area contributed by atoms with Crippen molar-refractivity contribution in [1.82, 2.24) is 10.3 Å². The Morgan fingerprint density at radius 2 is 2.05 bits per heavy atom. The van der Waals surface area contributed by atoms with E-state index in [1.54, 1.807) is 32.0 Å². The fourth-order valence-electron chi connectivity index (χ4n) is 1.39. The third-order valence-electron chi connectivity index (χ3n) is 2.90. The van der Waals surface area contributed by atoms with Crippen LogP contribution in [-0.2, 0) is 4.79 Å². The fourth-order valence-corrected chi connectivity index (χ4v) is 1.39. The van der Waals surface area contributed by atoms with Crippen LogP contribution in [0.4, 0.5) is 5.82 Å². The van der Waals surface area contributed by atoms with Gasteiger partial charge in [0, 0.05) is 13.1 Å². The Bertz CT molecular complexity index is 486. The summed E-state index contributed by atoms with van der Waals surface area (Å²) >= 11 is 0. The van der Waals surface area contributed by atoms with Gasteiger partial charge in [-0.1, -0.05) is 13.0 Å². The predicted molar refractivity (Wildman–Crippen MR) is 78.3 cm³/mol. The molecule has 0 atom stereocenters. The number of hydrogen-bond acceptors (Lipinski definition) is 4.